The second-order valence-electron chi connectivity index (χ2n) is 5.11. The fraction of sp³-hybridized carbons (Fsp3) is 0.692. The van der Waals surface area contributed by atoms with Gasteiger partial charge in [0.15, 0.2) is 0 Å². The number of carboxylic acid groups (broad SMARTS) is 1. The topological polar surface area (TPSA) is 171 Å². The zero-order valence-electron chi connectivity index (χ0n) is 13.2. The lowest BCUT2D eigenvalue weighted by atomic mass is 10.1. The first-order valence-corrected chi connectivity index (χ1v) is 7.16. The molecule has 0 saturated heterocycles. The maximum absolute atomic E-state index is 12.0. The zero-order chi connectivity index (χ0) is 18.0. The first-order chi connectivity index (χ1) is 10.6. The van der Waals surface area contributed by atoms with Crippen LogP contribution in [-0.4, -0.2) is 58.8 Å². The molecule has 0 unspecified atom stereocenters. The van der Waals surface area contributed by atoms with Crippen molar-refractivity contribution in [1.29, 1.82) is 0 Å². The molecule has 3 atom stereocenters. The van der Waals surface area contributed by atoms with Gasteiger partial charge in [0.2, 0.25) is 17.7 Å². The largest absolute Gasteiger partial charge is 0.465 e. The predicted octanol–water partition coefficient (Wildman–Crippen LogP) is -1.72. The first kappa shape index (κ1) is 20.6. The molecular formula is C13H24N4O6. The number of aliphatic hydroxyl groups is 1. The molecule has 0 heterocycles. The molecule has 10 heteroatoms. The molecule has 10 nitrogen and oxygen atoms in total. The van der Waals surface area contributed by atoms with Crippen LogP contribution < -0.4 is 21.7 Å². The number of nitrogens with two attached hydrogens (primary N) is 1. The van der Waals surface area contributed by atoms with E-state index in [4.69, 9.17) is 10.8 Å². The van der Waals surface area contributed by atoms with Crippen LogP contribution in [0.1, 0.15) is 33.1 Å². The Kier molecular flexibility index (Phi) is 9.31. The van der Waals surface area contributed by atoms with Gasteiger partial charge in [0.25, 0.3) is 0 Å². The molecule has 4 amide bonds. The van der Waals surface area contributed by atoms with Gasteiger partial charge in [0.1, 0.15) is 12.1 Å². The zero-order valence-corrected chi connectivity index (χ0v) is 13.2. The van der Waals surface area contributed by atoms with E-state index in [0.717, 1.165) is 0 Å². The van der Waals surface area contributed by atoms with Gasteiger partial charge in [-0.2, -0.15) is 0 Å². The molecule has 0 rings (SSSR count). The Labute approximate surface area is 133 Å². The molecule has 0 aliphatic carbocycles. The molecule has 0 fully saturated rings. The molecule has 0 radical (unpaired) electrons. The second-order valence-corrected chi connectivity index (χ2v) is 5.11. The lowest BCUT2D eigenvalue weighted by Gasteiger charge is -2.23. The minimum atomic E-state index is -1.19. The van der Waals surface area contributed by atoms with Crippen LogP contribution in [0.5, 0.6) is 0 Å². The number of hydrogen-bond acceptors (Lipinski definition) is 5. The highest BCUT2D eigenvalue weighted by molar-refractivity contribution is 5.91. The number of amides is 4. The summed E-state index contributed by atoms with van der Waals surface area (Å²) >= 11 is 0. The van der Waals surface area contributed by atoms with Gasteiger partial charge in [-0.1, -0.05) is 0 Å². The molecule has 23 heavy (non-hydrogen) atoms. The standard InChI is InChI=1S/C13H24N4O6/c1-7(18)10(16-8(2)19)12(21)17-9(11(14)20)5-3-4-6-15-13(22)23/h7,9-10,15,18H,3-6H2,1-2H3,(H2,14,20)(H,16,19)(H,17,21)(H,22,23)/t7-,9-,10-/m0/s1. The van der Waals surface area contributed by atoms with Gasteiger partial charge >= 0.3 is 6.09 Å². The summed E-state index contributed by atoms with van der Waals surface area (Å²) in [5, 5.41) is 24.8. The highest BCUT2D eigenvalue weighted by Crippen LogP contribution is 2.02. The highest BCUT2D eigenvalue weighted by Gasteiger charge is 2.27. The molecule has 132 valence electrons. The third-order valence-corrected chi connectivity index (χ3v) is 2.98. The molecular weight excluding hydrogens is 308 g/mol. The van der Waals surface area contributed by atoms with E-state index in [9.17, 15) is 24.3 Å². The van der Waals surface area contributed by atoms with Crippen LogP contribution in [0.25, 0.3) is 0 Å². The Balaban J connectivity index is 4.49. The van der Waals surface area contributed by atoms with E-state index in [1.165, 1.54) is 13.8 Å². The molecule has 0 aliphatic rings. The SMILES string of the molecule is CC(=O)N[C@H](C(=O)N[C@@H](CCCCNC(=O)O)C(N)=O)[C@H](C)O. The van der Waals surface area contributed by atoms with Gasteiger partial charge in [-0.15, -0.1) is 0 Å². The van der Waals surface area contributed by atoms with Crippen LogP contribution >= 0.6 is 0 Å². The van der Waals surface area contributed by atoms with Gasteiger partial charge in [0.05, 0.1) is 6.10 Å². The molecule has 0 aliphatic heterocycles. The van der Waals surface area contributed by atoms with Crippen molar-refractivity contribution in [2.24, 2.45) is 5.73 Å². The predicted molar refractivity (Wildman–Crippen MR) is 80.3 cm³/mol. The van der Waals surface area contributed by atoms with E-state index in [0.29, 0.717) is 12.8 Å². The highest BCUT2D eigenvalue weighted by atomic mass is 16.4. The van der Waals surface area contributed by atoms with Crippen molar-refractivity contribution >= 4 is 23.8 Å². The van der Waals surface area contributed by atoms with Crippen molar-refractivity contribution in [1.82, 2.24) is 16.0 Å². The van der Waals surface area contributed by atoms with Crippen molar-refractivity contribution in [2.45, 2.75) is 51.3 Å². The van der Waals surface area contributed by atoms with Gasteiger partial charge < -0.3 is 31.9 Å². The van der Waals surface area contributed by atoms with Crippen molar-refractivity contribution < 1.29 is 29.4 Å². The van der Waals surface area contributed by atoms with Gasteiger partial charge in [-0.3, -0.25) is 14.4 Å². The molecule has 0 aromatic rings. The summed E-state index contributed by atoms with van der Waals surface area (Å²) < 4.78 is 0. The molecule has 0 bridgehead atoms. The molecule has 0 aromatic heterocycles. The van der Waals surface area contributed by atoms with E-state index >= 15 is 0 Å². The average molecular weight is 332 g/mol. The van der Waals surface area contributed by atoms with Gasteiger partial charge in [0, 0.05) is 13.5 Å². The molecule has 7 N–H and O–H groups in total. The third kappa shape index (κ3) is 9.30. The minimum absolute atomic E-state index is 0.217. The van der Waals surface area contributed by atoms with E-state index in [1.54, 1.807) is 0 Å². The summed E-state index contributed by atoms with van der Waals surface area (Å²) in [5.74, 6) is -1.97. The third-order valence-electron chi connectivity index (χ3n) is 2.98. The smallest absolute Gasteiger partial charge is 0.404 e. The minimum Gasteiger partial charge on any atom is -0.465 e. The Hall–Kier alpha value is -2.36. The summed E-state index contributed by atoms with van der Waals surface area (Å²) in [6.45, 7) is 2.75. The van der Waals surface area contributed by atoms with E-state index in [-0.39, 0.29) is 13.0 Å². The van der Waals surface area contributed by atoms with Crippen molar-refractivity contribution in [3.63, 3.8) is 0 Å². The van der Waals surface area contributed by atoms with E-state index in [2.05, 4.69) is 16.0 Å². The quantitative estimate of drug-likeness (QED) is 0.260. The fourth-order valence-electron chi connectivity index (χ4n) is 1.84. The Morgan fingerprint density at radius 3 is 2.17 bits per heavy atom. The van der Waals surface area contributed by atoms with Crippen LogP contribution in [0.15, 0.2) is 0 Å². The summed E-state index contributed by atoms with van der Waals surface area (Å²) in [5.41, 5.74) is 5.21. The van der Waals surface area contributed by atoms with Crippen molar-refractivity contribution in [3.05, 3.63) is 0 Å². The van der Waals surface area contributed by atoms with Crippen LogP contribution in [-0.2, 0) is 14.4 Å². The van der Waals surface area contributed by atoms with Crippen LogP contribution in [0.2, 0.25) is 0 Å². The van der Waals surface area contributed by atoms with E-state index in [1.807, 2.05) is 0 Å². The normalized spacial score (nSPS) is 14.2. The number of nitrogens with one attached hydrogen (secondary N) is 3. The van der Waals surface area contributed by atoms with Crippen molar-refractivity contribution in [3.8, 4) is 0 Å². The number of hydrogen-bond donors (Lipinski definition) is 6. The monoisotopic (exact) mass is 332 g/mol. The summed E-state index contributed by atoms with van der Waals surface area (Å²) in [4.78, 5) is 44.7. The lowest BCUT2D eigenvalue weighted by Crippen LogP contribution is -2.56. The lowest BCUT2D eigenvalue weighted by molar-refractivity contribution is -0.133. The van der Waals surface area contributed by atoms with Crippen LogP contribution in [0, 0.1) is 0 Å². The number of unbranched alkanes of at least 4 members (excludes halogenated alkanes) is 1. The number of primary amides is 1. The van der Waals surface area contributed by atoms with Crippen LogP contribution in [0.3, 0.4) is 0 Å². The number of rotatable bonds is 10. The van der Waals surface area contributed by atoms with Gasteiger partial charge in [-0.05, 0) is 26.2 Å². The second kappa shape index (κ2) is 10.4. The summed E-state index contributed by atoms with van der Waals surface area (Å²) in [6.07, 6.45) is -1.15. The van der Waals surface area contributed by atoms with E-state index < -0.39 is 42.0 Å². The average Bonchev–Trinajstić information content (AvgIpc) is 2.41. The summed E-state index contributed by atoms with van der Waals surface area (Å²) in [6, 6.07) is -2.16. The first-order valence-electron chi connectivity index (χ1n) is 7.16. The molecule has 0 saturated carbocycles. The molecule has 0 aromatic carbocycles. The number of aliphatic hydroxyl groups excluding tert-OH is 1. The Morgan fingerprint density at radius 2 is 1.74 bits per heavy atom. The number of carbonyl (C=O) groups excluding carboxylic acids is 3. The fourth-order valence-corrected chi connectivity index (χ4v) is 1.84. The molecule has 0 spiro atoms. The van der Waals surface area contributed by atoms with Crippen molar-refractivity contribution in [2.75, 3.05) is 6.54 Å². The Bertz CT molecular complexity index is 440. The maximum Gasteiger partial charge on any atom is 0.404 e. The summed E-state index contributed by atoms with van der Waals surface area (Å²) in [7, 11) is 0. The Morgan fingerprint density at radius 1 is 1.13 bits per heavy atom. The van der Waals surface area contributed by atoms with Crippen LogP contribution in [0.4, 0.5) is 4.79 Å². The number of carbonyl (C=O) groups is 4. The van der Waals surface area contributed by atoms with Gasteiger partial charge in [-0.25, -0.2) is 4.79 Å². The maximum atomic E-state index is 12.0.